The molecule has 3 unspecified atom stereocenters. The number of nitrogens with one attached hydrogen (secondary N) is 1. The van der Waals surface area contributed by atoms with Gasteiger partial charge in [0.1, 0.15) is 0 Å². The van der Waals surface area contributed by atoms with E-state index in [2.05, 4.69) is 152 Å². The lowest BCUT2D eigenvalue weighted by molar-refractivity contribution is 0.443. The second kappa shape index (κ2) is 11.3. The van der Waals surface area contributed by atoms with E-state index >= 15 is 0 Å². The molecule has 3 nitrogen and oxygen atoms in total. The average Bonchev–Trinajstić information content (AvgIpc) is 3.15. The molecule has 6 aromatic rings. The van der Waals surface area contributed by atoms with E-state index in [0.29, 0.717) is 0 Å². The molecule has 0 fully saturated rings. The molecule has 3 aliphatic rings. The summed E-state index contributed by atoms with van der Waals surface area (Å²) >= 11 is 0. The van der Waals surface area contributed by atoms with E-state index in [1.54, 1.807) is 0 Å². The smallest absolute Gasteiger partial charge is 0.153 e. The van der Waals surface area contributed by atoms with Crippen molar-refractivity contribution in [3.8, 4) is 22.4 Å². The van der Waals surface area contributed by atoms with E-state index in [4.69, 9.17) is 4.99 Å². The standard InChI is InChI=1S/C45H37N3/c1-29-33-14-5-6-16-35(33)37-18-9-10-20-39(37)44(29)43-28-42(40-27-31-13-3-4-15-34(31)36-17-7-8-19-38(36)40)47-45(2,48-43)32-24-22-30(23-25-32)41-21-11-12-26-46-41/h3-7,9-18,20-29,44,47H,8,19H2,1-2H3. The quantitative estimate of drug-likeness (QED) is 0.213. The van der Waals surface area contributed by atoms with Gasteiger partial charge in [0.15, 0.2) is 5.66 Å². The molecule has 9 rings (SSSR count). The number of fused-ring (bicyclic) bond motifs is 6. The van der Waals surface area contributed by atoms with Gasteiger partial charge >= 0.3 is 0 Å². The van der Waals surface area contributed by atoms with E-state index in [0.717, 1.165) is 41.1 Å². The predicted octanol–water partition coefficient (Wildman–Crippen LogP) is 10.7. The lowest BCUT2D eigenvalue weighted by atomic mass is 9.70. The number of benzene rings is 5. The molecule has 0 spiro atoms. The largest absolute Gasteiger partial charge is 0.357 e. The number of hydrogen-bond donors (Lipinski definition) is 1. The second-order valence-corrected chi connectivity index (χ2v) is 13.5. The second-order valence-electron chi connectivity index (χ2n) is 13.5. The van der Waals surface area contributed by atoms with Crippen LogP contribution in [0.25, 0.3) is 44.9 Å². The summed E-state index contributed by atoms with van der Waals surface area (Å²) < 4.78 is 0. The van der Waals surface area contributed by atoms with Crippen LogP contribution in [0.2, 0.25) is 0 Å². The third-order valence-corrected chi connectivity index (χ3v) is 10.6. The summed E-state index contributed by atoms with van der Waals surface area (Å²) in [5.74, 6) is 0.367. The summed E-state index contributed by atoms with van der Waals surface area (Å²) in [7, 11) is 0. The van der Waals surface area contributed by atoms with Gasteiger partial charge in [-0.25, -0.2) is 0 Å². The monoisotopic (exact) mass is 619 g/mol. The van der Waals surface area contributed by atoms with Gasteiger partial charge in [-0.05, 0) is 99.7 Å². The van der Waals surface area contributed by atoms with Crippen molar-refractivity contribution in [1.82, 2.24) is 10.3 Å². The number of aliphatic imine (C=N–C) groups is 1. The molecule has 2 heterocycles. The summed E-state index contributed by atoms with van der Waals surface area (Å²) in [6.07, 6.45) is 10.9. The van der Waals surface area contributed by atoms with E-state index in [-0.39, 0.29) is 11.8 Å². The summed E-state index contributed by atoms with van der Waals surface area (Å²) in [4.78, 5) is 10.3. The van der Waals surface area contributed by atoms with Gasteiger partial charge in [-0.3, -0.25) is 9.98 Å². The van der Waals surface area contributed by atoms with Gasteiger partial charge in [-0.1, -0.05) is 122 Å². The van der Waals surface area contributed by atoms with Crippen LogP contribution in [0.4, 0.5) is 0 Å². The molecule has 0 saturated carbocycles. The highest BCUT2D eigenvalue weighted by molar-refractivity contribution is 6.09. The van der Waals surface area contributed by atoms with Crippen molar-refractivity contribution in [2.24, 2.45) is 4.99 Å². The molecule has 1 aliphatic heterocycles. The third-order valence-electron chi connectivity index (χ3n) is 10.6. The summed E-state index contributed by atoms with van der Waals surface area (Å²) in [5.41, 5.74) is 14.1. The topological polar surface area (TPSA) is 37.3 Å². The van der Waals surface area contributed by atoms with Gasteiger partial charge in [-0.15, -0.1) is 0 Å². The van der Waals surface area contributed by atoms with Crippen molar-refractivity contribution in [2.75, 3.05) is 0 Å². The predicted molar refractivity (Wildman–Crippen MR) is 200 cm³/mol. The minimum absolute atomic E-state index is 0.108. The maximum Gasteiger partial charge on any atom is 0.153 e. The van der Waals surface area contributed by atoms with Crippen molar-refractivity contribution in [3.05, 3.63) is 173 Å². The SMILES string of the molecule is CC1c2ccccc2-c2ccccc2C1C1=NC(C)(c2ccc(-c3ccccn3)cc2)NC(c2cc3ccccc3c3c2CCC=C3)=C1. The number of pyridine rings is 1. The third kappa shape index (κ3) is 4.65. The normalized spacial score (nSPS) is 21.0. The maximum absolute atomic E-state index is 5.68. The Morgan fingerprint density at radius 3 is 2.29 bits per heavy atom. The van der Waals surface area contributed by atoms with Gasteiger partial charge in [0.2, 0.25) is 0 Å². The number of aromatic nitrogens is 1. The highest BCUT2D eigenvalue weighted by Gasteiger charge is 2.39. The Bertz CT molecular complexity index is 2290. The van der Waals surface area contributed by atoms with Crippen LogP contribution in [0.3, 0.4) is 0 Å². The van der Waals surface area contributed by atoms with Crippen LogP contribution in [0, 0.1) is 0 Å². The lowest BCUT2D eigenvalue weighted by Crippen LogP contribution is -2.42. The Morgan fingerprint density at radius 2 is 1.48 bits per heavy atom. The first-order valence-electron chi connectivity index (χ1n) is 17.1. The molecule has 232 valence electrons. The molecule has 2 aliphatic carbocycles. The molecule has 48 heavy (non-hydrogen) atoms. The molecule has 0 amide bonds. The van der Waals surface area contributed by atoms with Crippen LogP contribution in [0.1, 0.15) is 65.5 Å². The molecule has 0 saturated heterocycles. The van der Waals surface area contributed by atoms with Crippen LogP contribution in [-0.4, -0.2) is 10.7 Å². The highest BCUT2D eigenvalue weighted by Crippen LogP contribution is 2.49. The van der Waals surface area contributed by atoms with Gasteiger partial charge in [0.05, 0.1) is 5.69 Å². The molecule has 3 heteroatoms. The minimum atomic E-state index is -0.684. The number of hydrogen-bond acceptors (Lipinski definition) is 3. The first-order chi connectivity index (χ1) is 23.6. The van der Waals surface area contributed by atoms with Gasteiger partial charge in [0.25, 0.3) is 0 Å². The Kier molecular flexibility index (Phi) is 6.76. The fourth-order valence-corrected chi connectivity index (χ4v) is 8.27. The molecule has 0 radical (unpaired) electrons. The fraction of sp³-hybridized carbons (Fsp3) is 0.156. The van der Waals surface area contributed by atoms with Crippen LogP contribution in [0.15, 0.2) is 145 Å². The van der Waals surface area contributed by atoms with Crippen molar-refractivity contribution in [3.63, 3.8) is 0 Å². The molecule has 1 N–H and O–H groups in total. The molecule has 0 bridgehead atoms. The first kappa shape index (κ1) is 28.7. The zero-order valence-corrected chi connectivity index (χ0v) is 27.3. The van der Waals surface area contributed by atoms with E-state index in [9.17, 15) is 0 Å². The Morgan fingerprint density at radius 1 is 0.750 bits per heavy atom. The molecule has 5 aromatic carbocycles. The Hall–Kier alpha value is -5.54. The first-order valence-corrected chi connectivity index (χ1v) is 17.1. The molecular weight excluding hydrogens is 583 g/mol. The highest BCUT2D eigenvalue weighted by atomic mass is 15.2. The summed E-state index contributed by atoms with van der Waals surface area (Å²) in [5, 5.41) is 6.57. The van der Waals surface area contributed by atoms with Crippen molar-refractivity contribution in [1.29, 1.82) is 0 Å². The van der Waals surface area contributed by atoms with Gasteiger partial charge in [-0.2, -0.15) is 0 Å². The number of allylic oxidation sites excluding steroid dienone is 2. The van der Waals surface area contributed by atoms with Crippen molar-refractivity contribution in [2.45, 2.75) is 44.2 Å². The minimum Gasteiger partial charge on any atom is -0.357 e. The van der Waals surface area contributed by atoms with Gasteiger partial charge < -0.3 is 5.32 Å². The Balaban J connectivity index is 1.25. The van der Waals surface area contributed by atoms with Crippen molar-refractivity contribution >= 4 is 28.3 Å². The van der Waals surface area contributed by atoms with E-state index in [1.165, 1.54) is 49.7 Å². The van der Waals surface area contributed by atoms with E-state index < -0.39 is 5.66 Å². The van der Waals surface area contributed by atoms with Crippen molar-refractivity contribution < 1.29 is 0 Å². The van der Waals surface area contributed by atoms with Gasteiger partial charge in [0, 0.05) is 34.7 Å². The summed E-state index contributed by atoms with van der Waals surface area (Å²) in [6, 6.07) is 43.9. The number of nitrogens with zero attached hydrogens (tertiary/aromatic N) is 2. The Labute approximate surface area is 282 Å². The zero-order chi connectivity index (χ0) is 32.2. The van der Waals surface area contributed by atoms with E-state index in [1.807, 2.05) is 18.3 Å². The average molecular weight is 620 g/mol. The molecule has 3 atom stereocenters. The molecular formula is C45H37N3. The molecule has 1 aromatic heterocycles. The van der Waals surface area contributed by atoms with Crippen LogP contribution in [-0.2, 0) is 12.1 Å². The zero-order valence-electron chi connectivity index (χ0n) is 27.3. The van der Waals surface area contributed by atoms with Crippen LogP contribution >= 0.6 is 0 Å². The fourth-order valence-electron chi connectivity index (χ4n) is 8.27. The number of rotatable bonds is 4. The van der Waals surface area contributed by atoms with Crippen LogP contribution < -0.4 is 5.32 Å². The lowest BCUT2D eigenvalue weighted by Gasteiger charge is -2.40. The van der Waals surface area contributed by atoms with Crippen LogP contribution in [0.5, 0.6) is 0 Å². The summed E-state index contributed by atoms with van der Waals surface area (Å²) in [6.45, 7) is 4.61. The maximum atomic E-state index is 5.68.